The number of benzene rings is 1. The molecule has 0 aromatic heterocycles. The summed E-state index contributed by atoms with van der Waals surface area (Å²) < 4.78 is 10.2. The van der Waals surface area contributed by atoms with Crippen molar-refractivity contribution in [3.63, 3.8) is 0 Å². The highest BCUT2D eigenvalue weighted by Gasteiger charge is 2.28. The highest BCUT2D eigenvalue weighted by molar-refractivity contribution is 6.34. The summed E-state index contributed by atoms with van der Waals surface area (Å²) in [5.41, 5.74) is 0.146. The summed E-state index contributed by atoms with van der Waals surface area (Å²) in [5.74, 6) is -0.789. The molecule has 1 heterocycles. The van der Waals surface area contributed by atoms with Gasteiger partial charge in [-0.25, -0.2) is 4.79 Å². The van der Waals surface area contributed by atoms with Gasteiger partial charge in [0.2, 0.25) is 0 Å². The van der Waals surface area contributed by atoms with Crippen molar-refractivity contribution in [3.05, 3.63) is 28.3 Å². The molecule has 4 amide bonds. The molecule has 2 N–H and O–H groups in total. The average molecular weight is 311 g/mol. The van der Waals surface area contributed by atoms with Crippen molar-refractivity contribution in [1.29, 1.82) is 0 Å². The molecule has 1 saturated heterocycles. The van der Waals surface area contributed by atoms with Crippen LogP contribution < -0.4 is 20.1 Å². The zero-order chi connectivity index (χ0) is 15.6. The summed E-state index contributed by atoms with van der Waals surface area (Å²) >= 11 is 6.07. The molecule has 1 fully saturated rings. The summed E-state index contributed by atoms with van der Waals surface area (Å²) in [5, 5.41) is 4.21. The number of carbonyl (C=O) groups is 3. The second-order valence-electron chi connectivity index (χ2n) is 4.02. The zero-order valence-corrected chi connectivity index (χ0v) is 11.9. The van der Waals surface area contributed by atoms with Gasteiger partial charge in [-0.3, -0.25) is 20.2 Å². The van der Waals surface area contributed by atoms with E-state index in [4.69, 9.17) is 21.1 Å². The van der Waals surface area contributed by atoms with E-state index in [9.17, 15) is 14.4 Å². The lowest BCUT2D eigenvalue weighted by atomic mass is 10.1. The Kier molecular flexibility index (Phi) is 4.13. The Bertz CT molecular complexity index is 647. The third-order valence-corrected chi connectivity index (χ3v) is 3.07. The van der Waals surface area contributed by atoms with Gasteiger partial charge in [-0.05, 0) is 17.7 Å². The normalized spacial score (nSPS) is 14.4. The van der Waals surface area contributed by atoms with E-state index in [1.165, 1.54) is 32.4 Å². The number of hydrogen-bond donors (Lipinski definition) is 2. The van der Waals surface area contributed by atoms with Crippen molar-refractivity contribution in [2.75, 3.05) is 14.2 Å². The summed E-state index contributed by atoms with van der Waals surface area (Å²) in [6.45, 7) is 0. The van der Waals surface area contributed by atoms with Crippen LogP contribution in [0.4, 0.5) is 4.79 Å². The molecule has 21 heavy (non-hydrogen) atoms. The topological polar surface area (TPSA) is 93.7 Å². The molecular formula is C13H11ClN2O5. The van der Waals surface area contributed by atoms with E-state index < -0.39 is 17.8 Å². The fourth-order valence-electron chi connectivity index (χ4n) is 1.74. The third-order valence-electron chi connectivity index (χ3n) is 2.75. The first kappa shape index (κ1) is 14.9. The minimum Gasteiger partial charge on any atom is -0.493 e. The molecule has 1 aliphatic heterocycles. The van der Waals surface area contributed by atoms with Crippen LogP contribution in [0.1, 0.15) is 5.56 Å². The van der Waals surface area contributed by atoms with Gasteiger partial charge < -0.3 is 9.47 Å². The molecular weight excluding hydrogens is 300 g/mol. The number of methoxy groups -OCH3 is 2. The number of halogens is 1. The van der Waals surface area contributed by atoms with Gasteiger partial charge in [0.25, 0.3) is 11.8 Å². The average Bonchev–Trinajstić information content (AvgIpc) is 2.43. The predicted molar refractivity (Wildman–Crippen MR) is 74.2 cm³/mol. The molecule has 7 nitrogen and oxygen atoms in total. The zero-order valence-electron chi connectivity index (χ0n) is 11.2. The number of rotatable bonds is 3. The minimum absolute atomic E-state index is 0.233. The lowest BCUT2D eigenvalue weighted by Gasteiger charge is -2.15. The van der Waals surface area contributed by atoms with Gasteiger partial charge in [-0.15, -0.1) is 0 Å². The SMILES string of the molecule is COc1cc(Cl)c(C=C2C(=O)NC(=O)NC2=O)cc1OC. The largest absolute Gasteiger partial charge is 0.493 e. The molecule has 0 radical (unpaired) electrons. The van der Waals surface area contributed by atoms with Crippen LogP contribution >= 0.6 is 11.6 Å². The Morgan fingerprint density at radius 1 is 1.00 bits per heavy atom. The van der Waals surface area contributed by atoms with Crippen LogP contribution in [0.2, 0.25) is 5.02 Å². The van der Waals surface area contributed by atoms with E-state index in [0.29, 0.717) is 17.1 Å². The van der Waals surface area contributed by atoms with Gasteiger partial charge in [0.15, 0.2) is 11.5 Å². The maximum absolute atomic E-state index is 11.6. The standard InChI is InChI=1S/C13H11ClN2O5/c1-20-9-4-6(8(14)5-10(9)21-2)3-7-11(17)15-13(19)16-12(7)18/h3-5H,1-2H3,(H2,15,16,17,18,19). The van der Waals surface area contributed by atoms with Crippen LogP contribution in [-0.4, -0.2) is 32.1 Å². The van der Waals surface area contributed by atoms with Crippen molar-refractivity contribution < 1.29 is 23.9 Å². The van der Waals surface area contributed by atoms with Crippen LogP contribution in [0.3, 0.4) is 0 Å². The maximum Gasteiger partial charge on any atom is 0.328 e. The second-order valence-corrected chi connectivity index (χ2v) is 4.43. The van der Waals surface area contributed by atoms with Crippen LogP contribution in [0.5, 0.6) is 11.5 Å². The number of amides is 4. The summed E-state index contributed by atoms with van der Waals surface area (Å²) in [6, 6.07) is 2.16. The van der Waals surface area contributed by atoms with Gasteiger partial charge in [0.1, 0.15) is 5.57 Å². The summed E-state index contributed by atoms with van der Waals surface area (Å²) in [7, 11) is 2.90. The number of ether oxygens (including phenoxy) is 2. The van der Waals surface area contributed by atoms with E-state index in [1.807, 2.05) is 10.6 Å². The van der Waals surface area contributed by atoms with Crippen molar-refractivity contribution >= 4 is 35.5 Å². The molecule has 0 atom stereocenters. The van der Waals surface area contributed by atoms with E-state index in [-0.39, 0.29) is 10.6 Å². The lowest BCUT2D eigenvalue weighted by molar-refractivity contribution is -0.123. The number of imide groups is 2. The molecule has 1 aliphatic rings. The second kappa shape index (κ2) is 5.84. The van der Waals surface area contributed by atoms with E-state index in [2.05, 4.69) is 0 Å². The number of hydrogen-bond acceptors (Lipinski definition) is 5. The fourth-order valence-corrected chi connectivity index (χ4v) is 1.95. The third kappa shape index (κ3) is 2.97. The first-order valence-electron chi connectivity index (χ1n) is 5.76. The molecule has 2 rings (SSSR count). The number of nitrogens with one attached hydrogen (secondary N) is 2. The van der Waals surface area contributed by atoms with Crippen LogP contribution in [0, 0.1) is 0 Å². The highest BCUT2D eigenvalue weighted by Crippen LogP contribution is 2.34. The Morgan fingerprint density at radius 3 is 2.05 bits per heavy atom. The van der Waals surface area contributed by atoms with Gasteiger partial charge >= 0.3 is 6.03 Å². The Hall–Kier alpha value is -2.54. The molecule has 0 spiro atoms. The molecule has 0 unspecified atom stereocenters. The van der Waals surface area contributed by atoms with Crippen LogP contribution in [-0.2, 0) is 9.59 Å². The quantitative estimate of drug-likeness (QED) is 0.644. The summed E-state index contributed by atoms with van der Waals surface area (Å²) in [6.07, 6.45) is 1.27. The fraction of sp³-hybridized carbons (Fsp3) is 0.154. The monoisotopic (exact) mass is 310 g/mol. The van der Waals surface area contributed by atoms with E-state index in [1.54, 1.807) is 0 Å². The lowest BCUT2D eigenvalue weighted by Crippen LogP contribution is -2.51. The maximum atomic E-state index is 11.6. The number of urea groups is 1. The molecule has 0 aliphatic carbocycles. The Labute approximate surface area is 124 Å². The van der Waals surface area contributed by atoms with Crippen molar-refractivity contribution in [3.8, 4) is 11.5 Å². The smallest absolute Gasteiger partial charge is 0.328 e. The van der Waals surface area contributed by atoms with E-state index >= 15 is 0 Å². The van der Waals surface area contributed by atoms with Crippen molar-refractivity contribution in [2.45, 2.75) is 0 Å². The molecule has 0 saturated carbocycles. The van der Waals surface area contributed by atoms with Crippen molar-refractivity contribution in [2.24, 2.45) is 0 Å². The van der Waals surface area contributed by atoms with E-state index in [0.717, 1.165) is 0 Å². The number of carbonyl (C=O) groups excluding carboxylic acids is 3. The highest BCUT2D eigenvalue weighted by atomic mass is 35.5. The Morgan fingerprint density at radius 2 is 1.52 bits per heavy atom. The first-order chi connectivity index (χ1) is 9.96. The van der Waals surface area contributed by atoms with Gasteiger partial charge in [0.05, 0.1) is 19.2 Å². The number of barbiturate groups is 1. The molecule has 1 aromatic rings. The van der Waals surface area contributed by atoms with Crippen LogP contribution in [0.15, 0.2) is 17.7 Å². The minimum atomic E-state index is -0.861. The van der Waals surface area contributed by atoms with Crippen molar-refractivity contribution in [1.82, 2.24) is 10.6 Å². The molecule has 1 aromatic carbocycles. The molecule has 8 heteroatoms. The first-order valence-corrected chi connectivity index (χ1v) is 6.14. The van der Waals surface area contributed by atoms with Gasteiger partial charge in [-0.2, -0.15) is 0 Å². The Balaban J connectivity index is 2.47. The molecule has 110 valence electrons. The predicted octanol–water partition coefficient (Wildman–Crippen LogP) is 1.11. The van der Waals surface area contributed by atoms with Gasteiger partial charge in [0, 0.05) is 6.07 Å². The summed E-state index contributed by atoms with van der Waals surface area (Å²) in [4.78, 5) is 34.3. The van der Waals surface area contributed by atoms with Crippen LogP contribution in [0.25, 0.3) is 6.08 Å². The molecule has 0 bridgehead atoms. The van der Waals surface area contributed by atoms with Gasteiger partial charge in [-0.1, -0.05) is 11.6 Å².